The highest BCUT2D eigenvalue weighted by Gasteiger charge is 2.15. The molecule has 0 saturated carbocycles. The molecule has 0 aliphatic heterocycles. The minimum Gasteiger partial charge on any atom is -0.496 e. The maximum absolute atomic E-state index is 11.6. The fourth-order valence-electron chi connectivity index (χ4n) is 2.97. The molecule has 27 heavy (non-hydrogen) atoms. The van der Waals surface area contributed by atoms with Crippen LogP contribution in [-0.4, -0.2) is 30.7 Å². The van der Waals surface area contributed by atoms with Crippen LogP contribution in [0.4, 0.5) is 0 Å². The minimum absolute atomic E-state index is 0.0530. The maximum atomic E-state index is 11.6. The first-order valence-electron chi connectivity index (χ1n) is 8.08. The Morgan fingerprint density at radius 2 is 1.85 bits per heavy atom. The minimum atomic E-state index is -3.78. The number of primary sulfonamides is 1. The highest BCUT2D eigenvalue weighted by Crippen LogP contribution is 2.34. The molecule has 0 spiro atoms. The molecule has 0 radical (unpaired) electrons. The average molecular weight is 380 g/mol. The van der Waals surface area contributed by atoms with Gasteiger partial charge in [0.05, 0.1) is 17.7 Å². The van der Waals surface area contributed by atoms with Gasteiger partial charge in [-0.2, -0.15) is 5.10 Å². The molecule has 0 bridgehead atoms. The zero-order valence-electron chi connectivity index (χ0n) is 14.4. The second-order valence-electron chi connectivity index (χ2n) is 5.97. The van der Waals surface area contributed by atoms with E-state index in [-0.39, 0.29) is 4.90 Å². The first-order valence-corrected chi connectivity index (χ1v) is 9.63. The molecule has 136 valence electrons. The van der Waals surface area contributed by atoms with Crippen LogP contribution in [0.3, 0.4) is 0 Å². The van der Waals surface area contributed by atoms with E-state index in [4.69, 9.17) is 9.88 Å². The molecule has 0 unspecified atom stereocenters. The summed E-state index contributed by atoms with van der Waals surface area (Å²) < 4.78 is 28.7. The van der Waals surface area contributed by atoms with Gasteiger partial charge < -0.3 is 4.74 Å². The topological polar surface area (TPSA) is 111 Å². The number of nitrogens with two attached hydrogens (primary N) is 1. The van der Waals surface area contributed by atoms with Gasteiger partial charge in [-0.15, -0.1) is 0 Å². The number of ether oxygens (including phenoxy) is 1. The maximum Gasteiger partial charge on any atom is 0.238 e. The number of hydrogen-bond donors (Lipinski definition) is 2. The summed E-state index contributed by atoms with van der Waals surface area (Å²) in [4.78, 5) is 4.44. The Balaban J connectivity index is 1.89. The molecule has 3 N–H and O–H groups in total. The Hall–Kier alpha value is -3.23. The van der Waals surface area contributed by atoms with Crippen LogP contribution in [-0.2, 0) is 10.0 Å². The van der Waals surface area contributed by atoms with Crippen molar-refractivity contribution in [3.05, 3.63) is 60.8 Å². The number of aromatic nitrogens is 3. The molecule has 0 saturated heterocycles. The lowest BCUT2D eigenvalue weighted by molar-refractivity contribution is 0.416. The number of rotatable bonds is 4. The number of H-pyrrole nitrogens is 1. The molecule has 2 heterocycles. The number of sulfonamides is 1. The molecule has 0 aliphatic rings. The molecule has 7 nitrogen and oxygen atoms in total. The first kappa shape index (κ1) is 17.2. The number of pyridine rings is 1. The summed E-state index contributed by atoms with van der Waals surface area (Å²) in [5, 5.41) is 13.3. The summed E-state index contributed by atoms with van der Waals surface area (Å²) in [6.07, 6.45) is 1.65. The monoisotopic (exact) mass is 380 g/mol. The SMILES string of the molecule is COc1ccccc1-c1[nH]nc2ncc(-c3cccc(S(N)(=O)=O)c3)cc12. The molecule has 2 aromatic heterocycles. The predicted octanol–water partition coefficient (Wildman–Crippen LogP) is 2.95. The predicted molar refractivity (Wildman–Crippen MR) is 103 cm³/mol. The second-order valence-corrected chi connectivity index (χ2v) is 7.53. The standard InChI is InChI=1S/C19H16N4O3S/c1-26-17-8-3-2-7-15(17)18-16-10-13(11-21-19(16)23-22-18)12-5-4-6-14(9-12)27(20,24)25/h2-11H,1H3,(H2,20,24,25)(H,21,22,23). The molecule has 0 amide bonds. The summed E-state index contributed by atoms with van der Waals surface area (Å²) in [6.45, 7) is 0. The number of methoxy groups -OCH3 is 1. The molecule has 0 atom stereocenters. The third-order valence-corrected chi connectivity index (χ3v) is 5.19. The summed E-state index contributed by atoms with van der Waals surface area (Å²) >= 11 is 0. The van der Waals surface area contributed by atoms with Gasteiger partial charge in [0.25, 0.3) is 0 Å². The van der Waals surface area contributed by atoms with Crippen molar-refractivity contribution in [2.75, 3.05) is 7.11 Å². The molecule has 4 aromatic rings. The van der Waals surface area contributed by atoms with E-state index < -0.39 is 10.0 Å². The quantitative estimate of drug-likeness (QED) is 0.565. The van der Waals surface area contributed by atoms with Crippen LogP contribution < -0.4 is 9.88 Å². The van der Waals surface area contributed by atoms with E-state index in [0.717, 1.165) is 22.2 Å². The van der Waals surface area contributed by atoms with Gasteiger partial charge in [-0.25, -0.2) is 18.5 Å². The van der Waals surface area contributed by atoms with Gasteiger partial charge in [0.15, 0.2) is 5.65 Å². The summed E-state index contributed by atoms with van der Waals surface area (Å²) in [6, 6.07) is 16.0. The van der Waals surface area contributed by atoms with E-state index in [1.165, 1.54) is 12.1 Å². The van der Waals surface area contributed by atoms with Crippen molar-refractivity contribution >= 4 is 21.1 Å². The molecule has 0 aliphatic carbocycles. The fraction of sp³-hybridized carbons (Fsp3) is 0.0526. The van der Waals surface area contributed by atoms with Crippen LogP contribution in [0.2, 0.25) is 0 Å². The van der Waals surface area contributed by atoms with Crippen LogP contribution >= 0.6 is 0 Å². The van der Waals surface area contributed by atoms with Crippen LogP contribution in [0.5, 0.6) is 5.75 Å². The van der Waals surface area contributed by atoms with Gasteiger partial charge in [0.1, 0.15) is 5.75 Å². The van der Waals surface area contributed by atoms with E-state index in [0.29, 0.717) is 17.0 Å². The van der Waals surface area contributed by atoms with Gasteiger partial charge in [-0.3, -0.25) is 5.10 Å². The van der Waals surface area contributed by atoms with Gasteiger partial charge in [0.2, 0.25) is 10.0 Å². The largest absolute Gasteiger partial charge is 0.496 e. The number of benzene rings is 2. The lowest BCUT2D eigenvalue weighted by atomic mass is 10.0. The van der Waals surface area contributed by atoms with Gasteiger partial charge in [0, 0.05) is 22.7 Å². The average Bonchev–Trinajstić information content (AvgIpc) is 3.10. The normalized spacial score (nSPS) is 11.6. The molecule has 0 fully saturated rings. The van der Waals surface area contributed by atoms with Gasteiger partial charge in [-0.05, 0) is 35.9 Å². The fourth-order valence-corrected chi connectivity index (χ4v) is 3.53. The van der Waals surface area contributed by atoms with Crippen LogP contribution in [0.15, 0.2) is 65.7 Å². The first-order chi connectivity index (χ1) is 13.0. The van der Waals surface area contributed by atoms with E-state index >= 15 is 0 Å². The van der Waals surface area contributed by atoms with E-state index in [2.05, 4.69) is 15.2 Å². The number of aromatic amines is 1. The molecule has 8 heteroatoms. The number of nitrogens with one attached hydrogen (secondary N) is 1. The summed E-state index contributed by atoms with van der Waals surface area (Å²) in [5.41, 5.74) is 3.65. The third kappa shape index (κ3) is 3.16. The number of nitrogens with zero attached hydrogens (tertiary/aromatic N) is 2. The van der Waals surface area contributed by atoms with Crippen molar-refractivity contribution in [3.63, 3.8) is 0 Å². The smallest absolute Gasteiger partial charge is 0.238 e. The van der Waals surface area contributed by atoms with E-state index in [1.807, 2.05) is 30.3 Å². The molecular formula is C19H16N4O3S. The highest BCUT2D eigenvalue weighted by atomic mass is 32.2. The molecule has 2 aromatic carbocycles. The zero-order chi connectivity index (χ0) is 19.0. The Morgan fingerprint density at radius 1 is 1.04 bits per heavy atom. The van der Waals surface area contributed by atoms with Crippen LogP contribution in [0.1, 0.15) is 0 Å². The van der Waals surface area contributed by atoms with Gasteiger partial charge in [-0.1, -0.05) is 24.3 Å². The van der Waals surface area contributed by atoms with E-state index in [1.54, 1.807) is 25.4 Å². The Labute approximate surface area is 155 Å². The summed E-state index contributed by atoms with van der Waals surface area (Å²) in [7, 11) is -2.17. The summed E-state index contributed by atoms with van der Waals surface area (Å²) in [5.74, 6) is 0.713. The second kappa shape index (κ2) is 6.49. The van der Waals surface area contributed by atoms with Crippen LogP contribution in [0.25, 0.3) is 33.4 Å². The van der Waals surface area contributed by atoms with Crippen molar-refractivity contribution in [2.45, 2.75) is 4.90 Å². The van der Waals surface area contributed by atoms with Gasteiger partial charge >= 0.3 is 0 Å². The van der Waals surface area contributed by atoms with Crippen LogP contribution in [0, 0.1) is 0 Å². The lowest BCUT2D eigenvalue weighted by Gasteiger charge is -2.07. The Bertz CT molecular complexity index is 1250. The van der Waals surface area contributed by atoms with Crippen molar-refractivity contribution in [1.29, 1.82) is 0 Å². The number of para-hydroxylation sites is 1. The Morgan fingerprint density at radius 3 is 2.63 bits per heavy atom. The Kier molecular flexibility index (Phi) is 4.14. The lowest BCUT2D eigenvalue weighted by Crippen LogP contribution is -2.11. The van der Waals surface area contributed by atoms with E-state index in [9.17, 15) is 8.42 Å². The number of fused-ring (bicyclic) bond motifs is 1. The van der Waals surface area contributed by atoms with Crippen molar-refractivity contribution < 1.29 is 13.2 Å². The number of hydrogen-bond acceptors (Lipinski definition) is 5. The molecule has 4 rings (SSSR count). The highest BCUT2D eigenvalue weighted by molar-refractivity contribution is 7.89. The van der Waals surface area contributed by atoms with Crippen molar-refractivity contribution in [3.8, 4) is 28.1 Å². The van der Waals surface area contributed by atoms with Crippen molar-refractivity contribution in [2.24, 2.45) is 5.14 Å². The van der Waals surface area contributed by atoms with Crippen molar-refractivity contribution in [1.82, 2.24) is 15.2 Å². The third-order valence-electron chi connectivity index (χ3n) is 4.28. The zero-order valence-corrected chi connectivity index (χ0v) is 15.2. The molecular weight excluding hydrogens is 364 g/mol.